The van der Waals surface area contributed by atoms with Crippen LogP contribution in [0.3, 0.4) is 0 Å². The molecule has 5 rings (SSSR count). The zero-order valence-corrected chi connectivity index (χ0v) is 65.7. The Balaban J connectivity index is 1.67. The van der Waals surface area contributed by atoms with Crippen LogP contribution >= 0.6 is 43.2 Å². The summed E-state index contributed by atoms with van der Waals surface area (Å²) in [4.78, 5) is 297. The Morgan fingerprint density at radius 1 is 0.509 bits per heavy atom. The van der Waals surface area contributed by atoms with Gasteiger partial charge < -0.3 is 134 Å². The van der Waals surface area contributed by atoms with Crippen molar-refractivity contribution in [3.63, 3.8) is 0 Å². The van der Waals surface area contributed by atoms with E-state index in [0.717, 1.165) is 40.3 Å². The molecule has 15 atom stereocenters. The molecule has 0 unspecified atom stereocenters. The number of aromatic amines is 1. The first-order valence-corrected chi connectivity index (χ1v) is 40.5. The summed E-state index contributed by atoms with van der Waals surface area (Å²) >= 11 is 0. The number of nitrogens with zero attached hydrogens (tertiary/aromatic N) is 2. The van der Waals surface area contributed by atoms with Crippen molar-refractivity contribution in [2.45, 2.75) is 169 Å². The summed E-state index contributed by atoms with van der Waals surface area (Å²) in [6.45, 7) is 0.761. The van der Waals surface area contributed by atoms with Gasteiger partial charge in [0.15, 0.2) is 0 Å². The molecule has 2 aromatic rings. The molecule has 2 bridgehead atoms. The number of aliphatic hydroxyl groups excluding tert-OH is 1. The fourth-order valence-corrected chi connectivity index (χ4v) is 15.7. The van der Waals surface area contributed by atoms with Crippen LogP contribution < -0.4 is 108 Å². The van der Waals surface area contributed by atoms with Crippen molar-refractivity contribution in [2.75, 3.05) is 49.3 Å². The summed E-state index contributed by atoms with van der Waals surface area (Å²) in [5.41, 5.74) is 27.9. The maximum absolute atomic E-state index is 14.7. The van der Waals surface area contributed by atoms with E-state index in [4.69, 9.17) is 28.7 Å². The zero-order valence-electron chi connectivity index (χ0n) is 62.5. The van der Waals surface area contributed by atoms with Crippen molar-refractivity contribution in [1.29, 1.82) is 0 Å². The number of carbonyl (C=O) groups is 21. The molecule has 3 aliphatic rings. The minimum Gasteiger partial charge on any atom is -0.508 e. The van der Waals surface area contributed by atoms with Gasteiger partial charge in [0.05, 0.1) is 45.3 Å². The van der Waals surface area contributed by atoms with Crippen molar-refractivity contribution in [2.24, 2.45) is 28.7 Å². The van der Waals surface area contributed by atoms with Gasteiger partial charge in [-0.25, -0.2) is 4.98 Å². The van der Waals surface area contributed by atoms with Crippen molar-refractivity contribution >= 4 is 167 Å². The molecule has 47 nitrogen and oxygen atoms in total. The summed E-state index contributed by atoms with van der Waals surface area (Å²) in [6.07, 6.45) is -3.05. The number of phenols is 1. The van der Waals surface area contributed by atoms with Crippen LogP contribution in [0.2, 0.25) is 0 Å². The lowest BCUT2D eigenvalue weighted by Crippen LogP contribution is -2.61. The average Bonchev–Trinajstić information content (AvgIpc) is 1.64. The molecule has 51 heteroatoms. The number of benzene rings is 1. The summed E-state index contributed by atoms with van der Waals surface area (Å²) in [7, 11) is 2.87. The highest BCUT2D eigenvalue weighted by atomic mass is 33.1. The van der Waals surface area contributed by atoms with E-state index >= 15 is 0 Å². The molecule has 4 heterocycles. The number of carbonyl (C=O) groups excluding carboxylic acids is 20. The predicted octanol–water partition coefficient (Wildman–Crippen LogP) is -12.4. The second-order valence-electron chi connectivity index (χ2n) is 26.4. The van der Waals surface area contributed by atoms with Gasteiger partial charge in [-0.15, -0.1) is 0 Å². The largest absolute Gasteiger partial charge is 0.508 e. The number of hydrogen-bond acceptors (Lipinski definition) is 29. The minimum absolute atomic E-state index is 0.0182. The highest BCUT2D eigenvalue weighted by Gasteiger charge is 2.42. The van der Waals surface area contributed by atoms with E-state index in [-0.39, 0.29) is 42.8 Å². The third-order valence-corrected chi connectivity index (χ3v) is 22.1. The molecule has 0 aliphatic carbocycles. The second-order valence-corrected chi connectivity index (χ2v) is 31.5. The Hall–Kier alpha value is -11.6. The van der Waals surface area contributed by atoms with Crippen LogP contribution in [0.25, 0.3) is 0 Å². The summed E-state index contributed by atoms with van der Waals surface area (Å²) < 4.78 is 0. The number of aromatic hydroxyl groups is 1. The zero-order chi connectivity index (χ0) is 86.2. The first-order chi connectivity index (χ1) is 54.8. The Morgan fingerprint density at radius 3 is 1.52 bits per heavy atom. The number of aliphatic carboxylic acids is 1. The quantitative estimate of drug-likeness (QED) is 0.0581. The third kappa shape index (κ3) is 31.3. The van der Waals surface area contributed by atoms with Crippen LogP contribution in [-0.2, 0) is 114 Å². The fourth-order valence-electron chi connectivity index (χ4n) is 11.0. The SMILES string of the molecule is C[C@@H]1NC(=O)[C@H](C)NC(=O)[C@@H]2CSSC[C@H](NC(=O)CNC(=O)CN)C(=O)N[C@@H](CSSC[C@@H](C(N)=O)NC(=O)[C@H](Cc3ccc(O)cc3)NC(=O)[C@H](CC(=O)O)NC(=O)[C@H](CCC(N)=O)NC(=O)[C@H](CC(N)=O)NC(=O)[C@H](CC(N)=O)NC1=O)C(=O)N[C@@H](CO)C(=O)N[C@@H](Cc1cnc[nH]1)C(=O)N1CCC[C@H]1C(=O)N[C@@H](C)C(=O)N2. The molecule has 1 aromatic carbocycles. The number of carboxylic acid groups (broad SMARTS) is 1. The highest BCUT2D eigenvalue weighted by molar-refractivity contribution is 8.77. The molecule has 3 aliphatic heterocycles. The second kappa shape index (κ2) is 46.7. The minimum atomic E-state index is -2.22. The maximum Gasteiger partial charge on any atom is 0.305 e. The molecule has 29 N–H and O–H groups in total. The Labute approximate surface area is 675 Å². The van der Waals surface area contributed by atoms with E-state index < -0.39 is 296 Å². The molecule has 3 fully saturated rings. The summed E-state index contributed by atoms with van der Waals surface area (Å²) in [6, 6.07) is -22.3. The predicted molar refractivity (Wildman–Crippen MR) is 409 cm³/mol. The van der Waals surface area contributed by atoms with Gasteiger partial charge in [0.2, 0.25) is 118 Å². The number of imidazole rings is 1. The number of carboxylic acids is 1. The van der Waals surface area contributed by atoms with Gasteiger partial charge in [0.25, 0.3) is 0 Å². The van der Waals surface area contributed by atoms with Crippen LogP contribution in [0.15, 0.2) is 36.8 Å². The molecule has 0 saturated carbocycles. The molecule has 1 aromatic heterocycles. The van der Waals surface area contributed by atoms with Gasteiger partial charge in [-0.2, -0.15) is 0 Å². The van der Waals surface area contributed by atoms with Gasteiger partial charge in [0.1, 0.15) is 96.4 Å². The number of phenolic OH excluding ortho intramolecular Hbond substituents is 1. The Bertz CT molecular complexity index is 3980. The maximum atomic E-state index is 14.7. The van der Waals surface area contributed by atoms with E-state index in [9.17, 15) is 116 Å². The van der Waals surface area contributed by atoms with Crippen LogP contribution in [-0.4, -0.2) is 294 Å². The number of nitrogens with one attached hydrogen (secondary N) is 16. The number of H-pyrrole nitrogens is 1. The van der Waals surface area contributed by atoms with E-state index in [0.29, 0.717) is 21.6 Å². The van der Waals surface area contributed by atoms with E-state index in [1.54, 1.807) is 0 Å². The van der Waals surface area contributed by atoms with Crippen LogP contribution in [0.4, 0.5) is 0 Å². The molecule has 3 saturated heterocycles. The molecular weight excluding hydrogens is 1620 g/mol. The number of amides is 20. The van der Waals surface area contributed by atoms with Crippen molar-refractivity contribution in [3.8, 4) is 5.75 Å². The number of rotatable bonds is 19. The van der Waals surface area contributed by atoms with E-state index in [2.05, 4.69) is 89.7 Å². The number of hydrogen-bond donors (Lipinski definition) is 24. The summed E-state index contributed by atoms with van der Waals surface area (Å²) in [5.74, 6) is -28.0. The number of nitrogens with two attached hydrogens (primary N) is 5. The Kier molecular flexibility index (Phi) is 38.2. The lowest BCUT2D eigenvalue weighted by molar-refractivity contribution is -0.142. The standard InChI is InChI=1S/C65H93N23O24S4/c1-27-52(99)74-28(2)53(100)79-35(15-46(68)92)58(105)81-36(16-47(69)93)57(104)78-33(10-11-45(67)91)55(102)82-37(17-50(96)97)59(106)80-34(13-30-6-8-32(90)9-7-30)56(103)85-40(51(70)98)22-113-115-25-43-63(110)84-39(21-89)60(107)83-38(14-31-19-71-26-73-31)65(112)88-12-4-5-44(88)64(111)76-29(3)54(101)86-42(61(108)75-27)24-116-114-23-41(62(109)87-43)77-49(95)20-72-48(94)18-66/h6-9,19,26-29,33-44,89-90H,4-5,10-18,20-25,66H2,1-3H3,(H2,67,91)(H2,68,92)(H2,69,93)(H2,70,98)(H,71,73)(H,72,94)(H,74,99)(H,75,108)(H,76,111)(H,77,95)(H,78,104)(H,79,100)(H,80,106)(H,81,105)(H,82,102)(H,83,107)(H,84,110)(H,85,103)(H,86,101)(H,87,109)(H,96,97)/t27-,28-,29-,33-,34-,35-,36-,37-,38-,39-,40-,41-,42-,43-,44-/m0/s1. The molecule has 636 valence electrons. The van der Waals surface area contributed by atoms with E-state index in [1.165, 1.54) is 43.7 Å². The van der Waals surface area contributed by atoms with Crippen LogP contribution in [0, 0.1) is 0 Å². The van der Waals surface area contributed by atoms with Gasteiger partial charge in [-0.1, -0.05) is 55.3 Å². The lowest BCUT2D eigenvalue weighted by Gasteiger charge is -2.30. The number of fused-ring (bicyclic) bond motifs is 9. The lowest BCUT2D eigenvalue weighted by atomic mass is 10.0. The average molecular weight is 1710 g/mol. The normalized spacial score (nSPS) is 26.6. The first kappa shape index (κ1) is 95.0. The molecule has 0 spiro atoms. The Morgan fingerprint density at radius 2 is 0.974 bits per heavy atom. The van der Waals surface area contributed by atoms with Crippen molar-refractivity contribution in [3.05, 3.63) is 48.0 Å². The first-order valence-electron chi connectivity index (χ1n) is 35.5. The monoisotopic (exact) mass is 1710 g/mol. The number of aliphatic hydroxyl groups is 1. The van der Waals surface area contributed by atoms with Crippen LogP contribution in [0.5, 0.6) is 5.75 Å². The topological polar surface area (TPSA) is 762 Å². The van der Waals surface area contributed by atoms with Gasteiger partial charge in [-0.3, -0.25) is 101 Å². The van der Waals surface area contributed by atoms with Gasteiger partial charge in [0, 0.05) is 60.7 Å². The smallest absolute Gasteiger partial charge is 0.305 e. The number of aromatic nitrogens is 2. The van der Waals surface area contributed by atoms with Gasteiger partial charge >= 0.3 is 5.97 Å². The van der Waals surface area contributed by atoms with Crippen molar-refractivity contribution < 1.29 is 116 Å². The molecular formula is C65H93N23O24S4. The van der Waals surface area contributed by atoms with Crippen LogP contribution in [0.1, 0.15) is 77.0 Å². The molecule has 0 radical (unpaired) electrons. The van der Waals surface area contributed by atoms with E-state index in [1.807, 2.05) is 0 Å². The molecule has 116 heavy (non-hydrogen) atoms. The fraction of sp³-hybridized carbons (Fsp3) is 0.538. The third-order valence-electron chi connectivity index (χ3n) is 17.2. The molecule has 20 amide bonds. The highest BCUT2D eigenvalue weighted by Crippen LogP contribution is 2.27. The summed E-state index contributed by atoms with van der Waals surface area (Å²) in [5, 5.41) is 65.6. The van der Waals surface area contributed by atoms with Crippen molar-refractivity contribution in [1.82, 2.24) is 94.6 Å². The number of primary amides is 4. The van der Waals surface area contributed by atoms with Gasteiger partial charge in [-0.05, 0) is 57.7 Å².